The first kappa shape index (κ1) is 14.5. The first-order valence-corrected chi connectivity index (χ1v) is 7.87. The van der Waals surface area contributed by atoms with Crippen LogP contribution in [0.1, 0.15) is 62.6 Å². The number of hydrogen-bond acceptors (Lipinski definition) is 2. The highest BCUT2D eigenvalue weighted by atomic mass is 19.1. The summed E-state index contributed by atoms with van der Waals surface area (Å²) in [5.74, 6) is -0.339. The summed E-state index contributed by atoms with van der Waals surface area (Å²) in [5.41, 5.74) is 8.63. The number of carbonyl (C=O) groups is 1. The Balaban J connectivity index is 1.93. The molecule has 3 nitrogen and oxygen atoms in total. The van der Waals surface area contributed by atoms with Gasteiger partial charge >= 0.3 is 0 Å². The summed E-state index contributed by atoms with van der Waals surface area (Å²) in [5, 5.41) is 2.74. The van der Waals surface area contributed by atoms with Gasteiger partial charge in [0.1, 0.15) is 5.82 Å². The molecule has 1 aliphatic carbocycles. The normalized spacial score (nSPS) is 22.3. The number of anilines is 1. The van der Waals surface area contributed by atoms with Gasteiger partial charge < -0.3 is 11.1 Å². The molecular weight excluding hydrogens is 267 g/mol. The number of nitrogens with one attached hydrogen (secondary N) is 1. The molecule has 2 aliphatic rings. The Morgan fingerprint density at radius 1 is 1.24 bits per heavy atom. The summed E-state index contributed by atoms with van der Waals surface area (Å²) >= 11 is 0. The molecule has 0 aromatic heterocycles. The van der Waals surface area contributed by atoms with Crippen molar-refractivity contribution in [3.8, 4) is 0 Å². The molecule has 21 heavy (non-hydrogen) atoms. The number of amides is 1. The van der Waals surface area contributed by atoms with E-state index < -0.39 is 0 Å². The van der Waals surface area contributed by atoms with Crippen LogP contribution < -0.4 is 11.1 Å². The van der Waals surface area contributed by atoms with Crippen molar-refractivity contribution in [1.29, 1.82) is 0 Å². The highest BCUT2D eigenvalue weighted by Gasteiger charge is 2.36. The van der Waals surface area contributed by atoms with Crippen LogP contribution in [0.5, 0.6) is 0 Å². The lowest BCUT2D eigenvalue weighted by atomic mass is 9.68. The van der Waals surface area contributed by atoms with E-state index in [9.17, 15) is 9.18 Å². The summed E-state index contributed by atoms with van der Waals surface area (Å²) in [6, 6.07) is 3.03. The maximum absolute atomic E-state index is 14.4. The third-order valence-electron chi connectivity index (χ3n) is 5.20. The van der Waals surface area contributed by atoms with Crippen LogP contribution in [-0.4, -0.2) is 5.91 Å². The first-order valence-electron chi connectivity index (χ1n) is 7.87. The zero-order chi connectivity index (χ0) is 15.0. The van der Waals surface area contributed by atoms with Gasteiger partial charge in [-0.3, -0.25) is 4.79 Å². The summed E-state index contributed by atoms with van der Waals surface area (Å²) in [6.07, 6.45) is 6.84. The number of nitrogens with two attached hydrogens (primary N) is 1. The molecule has 1 amide bonds. The van der Waals surface area contributed by atoms with Gasteiger partial charge in [-0.1, -0.05) is 26.2 Å². The quantitative estimate of drug-likeness (QED) is 0.873. The third-order valence-corrected chi connectivity index (χ3v) is 5.20. The van der Waals surface area contributed by atoms with E-state index in [1.54, 1.807) is 0 Å². The van der Waals surface area contributed by atoms with Crippen molar-refractivity contribution >= 4 is 11.6 Å². The van der Waals surface area contributed by atoms with Crippen molar-refractivity contribution in [2.24, 2.45) is 11.1 Å². The predicted octanol–water partition coefficient (Wildman–Crippen LogP) is 3.68. The van der Waals surface area contributed by atoms with Gasteiger partial charge in [0, 0.05) is 23.7 Å². The lowest BCUT2D eigenvalue weighted by Crippen LogP contribution is -2.34. The van der Waals surface area contributed by atoms with Gasteiger partial charge in [0.15, 0.2) is 0 Å². The number of hydrogen-bond donors (Lipinski definition) is 2. The minimum atomic E-state index is -0.296. The maximum atomic E-state index is 14.4. The molecule has 3 N–H and O–H groups in total. The lowest BCUT2D eigenvalue weighted by molar-refractivity contribution is -0.116. The largest absolute Gasteiger partial charge is 0.326 e. The molecule has 1 aromatic carbocycles. The molecule has 4 heteroatoms. The van der Waals surface area contributed by atoms with Crippen molar-refractivity contribution in [2.75, 3.05) is 5.32 Å². The van der Waals surface area contributed by atoms with Crippen LogP contribution in [0, 0.1) is 11.2 Å². The van der Waals surface area contributed by atoms with Gasteiger partial charge in [0.25, 0.3) is 0 Å². The Bertz CT molecular complexity index is 564. The summed E-state index contributed by atoms with van der Waals surface area (Å²) in [4.78, 5) is 11.4. The summed E-state index contributed by atoms with van der Waals surface area (Å²) in [6.45, 7) is 2.18. The highest BCUT2D eigenvalue weighted by Crippen LogP contribution is 2.45. The van der Waals surface area contributed by atoms with Crippen LogP contribution in [0.2, 0.25) is 0 Å². The van der Waals surface area contributed by atoms with Crippen LogP contribution in [0.3, 0.4) is 0 Å². The molecule has 0 radical (unpaired) electrons. The second-order valence-corrected chi connectivity index (χ2v) is 6.77. The summed E-state index contributed by atoms with van der Waals surface area (Å²) in [7, 11) is 0. The highest BCUT2D eigenvalue weighted by molar-refractivity contribution is 5.93. The molecule has 1 unspecified atom stereocenters. The minimum Gasteiger partial charge on any atom is -0.326 e. The van der Waals surface area contributed by atoms with Crippen LogP contribution in [0.25, 0.3) is 0 Å². The van der Waals surface area contributed by atoms with Crippen molar-refractivity contribution in [1.82, 2.24) is 0 Å². The number of rotatable bonds is 2. The number of aryl methyl sites for hydroxylation is 1. The first-order chi connectivity index (χ1) is 9.99. The molecule has 0 bridgehead atoms. The van der Waals surface area contributed by atoms with E-state index in [4.69, 9.17) is 5.73 Å². The summed E-state index contributed by atoms with van der Waals surface area (Å²) < 4.78 is 14.4. The Morgan fingerprint density at radius 2 is 1.95 bits per heavy atom. The molecule has 3 rings (SSSR count). The van der Waals surface area contributed by atoms with E-state index in [-0.39, 0.29) is 23.2 Å². The van der Waals surface area contributed by atoms with Gasteiger partial charge in [0.2, 0.25) is 5.91 Å². The average molecular weight is 290 g/mol. The molecule has 1 saturated carbocycles. The van der Waals surface area contributed by atoms with Crippen LogP contribution in [0.15, 0.2) is 12.1 Å². The predicted molar refractivity (Wildman–Crippen MR) is 81.5 cm³/mol. The van der Waals surface area contributed by atoms with Gasteiger partial charge in [-0.2, -0.15) is 0 Å². The molecular formula is C17H23FN2O. The zero-order valence-electron chi connectivity index (χ0n) is 12.5. The SMILES string of the molecule is CC1(C(N)c2cc3c(cc2F)NC(=O)CC3)CCCCC1. The monoisotopic (exact) mass is 290 g/mol. The number of carbonyl (C=O) groups excluding carboxylic acids is 1. The van der Waals surface area contributed by atoms with E-state index in [0.29, 0.717) is 24.1 Å². The van der Waals surface area contributed by atoms with E-state index in [2.05, 4.69) is 12.2 Å². The molecule has 0 saturated heterocycles. The molecule has 1 fully saturated rings. The van der Waals surface area contributed by atoms with Crippen molar-refractivity contribution in [3.63, 3.8) is 0 Å². The zero-order valence-corrected chi connectivity index (χ0v) is 12.5. The molecule has 1 atom stereocenters. The topological polar surface area (TPSA) is 55.1 Å². The standard InChI is InChI=1S/C17H23FN2O/c1-17(7-3-2-4-8-17)16(19)12-9-11-5-6-15(21)20-14(11)10-13(12)18/h9-10,16H,2-8,19H2,1H3,(H,20,21). The second-order valence-electron chi connectivity index (χ2n) is 6.77. The third kappa shape index (κ3) is 2.69. The van der Waals surface area contributed by atoms with Gasteiger partial charge in [-0.25, -0.2) is 4.39 Å². The fourth-order valence-corrected chi connectivity index (χ4v) is 3.71. The number of benzene rings is 1. The molecule has 1 aliphatic heterocycles. The van der Waals surface area contributed by atoms with E-state index >= 15 is 0 Å². The van der Waals surface area contributed by atoms with Gasteiger partial charge in [0.05, 0.1) is 0 Å². The fraction of sp³-hybridized carbons (Fsp3) is 0.588. The van der Waals surface area contributed by atoms with Crippen molar-refractivity contribution < 1.29 is 9.18 Å². The maximum Gasteiger partial charge on any atom is 0.224 e. The van der Waals surface area contributed by atoms with Crippen LogP contribution >= 0.6 is 0 Å². The van der Waals surface area contributed by atoms with Gasteiger partial charge in [-0.05, 0) is 42.4 Å². The van der Waals surface area contributed by atoms with E-state index in [1.807, 2.05) is 6.07 Å². The molecule has 114 valence electrons. The van der Waals surface area contributed by atoms with Gasteiger partial charge in [-0.15, -0.1) is 0 Å². The average Bonchev–Trinajstić information content (AvgIpc) is 2.46. The smallest absolute Gasteiger partial charge is 0.224 e. The minimum absolute atomic E-state index is 0.0226. The van der Waals surface area contributed by atoms with E-state index in [1.165, 1.54) is 25.3 Å². The number of halogens is 1. The van der Waals surface area contributed by atoms with E-state index in [0.717, 1.165) is 18.4 Å². The van der Waals surface area contributed by atoms with Crippen molar-refractivity contribution in [3.05, 3.63) is 29.1 Å². The Hall–Kier alpha value is -1.42. The molecule has 1 heterocycles. The van der Waals surface area contributed by atoms with Crippen LogP contribution in [-0.2, 0) is 11.2 Å². The lowest BCUT2D eigenvalue weighted by Gasteiger charge is -2.39. The Kier molecular flexibility index (Phi) is 3.74. The second kappa shape index (κ2) is 5.41. The van der Waals surface area contributed by atoms with Crippen LogP contribution in [0.4, 0.5) is 10.1 Å². The Labute approximate surface area is 125 Å². The van der Waals surface area contributed by atoms with Crippen molar-refractivity contribution in [2.45, 2.75) is 57.9 Å². The Morgan fingerprint density at radius 3 is 2.67 bits per heavy atom. The fourth-order valence-electron chi connectivity index (χ4n) is 3.71. The molecule has 0 spiro atoms. The number of fused-ring (bicyclic) bond motifs is 1. The molecule has 1 aromatic rings.